The monoisotopic (exact) mass is 218 g/mol. The lowest BCUT2D eigenvalue weighted by Crippen LogP contribution is -2.37. The molecular formula is C11H10N2OS. The lowest BCUT2D eigenvalue weighted by molar-refractivity contribution is -0.108. The molecule has 0 saturated carbocycles. The molecule has 0 saturated heterocycles. The fourth-order valence-corrected chi connectivity index (χ4v) is 1.68. The summed E-state index contributed by atoms with van der Waals surface area (Å²) in [6.07, 6.45) is 3.31. The Labute approximate surface area is 93.2 Å². The molecule has 0 amide bonds. The minimum Gasteiger partial charge on any atom is -0.399 e. The maximum Gasteiger partial charge on any atom is 0.213 e. The molecule has 0 atom stereocenters. The number of hydrogen-bond donors (Lipinski definition) is 1. The molecule has 0 aromatic heterocycles. The minimum absolute atomic E-state index is 0.118. The molecule has 1 aliphatic heterocycles. The zero-order valence-electron chi connectivity index (χ0n) is 8.01. The first-order valence-electron chi connectivity index (χ1n) is 4.56. The molecule has 0 bridgehead atoms. The zero-order valence-corrected chi connectivity index (χ0v) is 8.83. The van der Waals surface area contributed by atoms with Crippen LogP contribution in [0, 0.1) is 0 Å². The molecule has 2 N–H and O–H groups in total. The predicted octanol–water partition coefficient (Wildman–Crippen LogP) is 1.54. The van der Waals surface area contributed by atoms with Crippen molar-refractivity contribution in [2.45, 2.75) is 0 Å². The van der Waals surface area contributed by atoms with Crippen LogP contribution >= 0.6 is 12.2 Å². The van der Waals surface area contributed by atoms with Crippen molar-refractivity contribution in [2.24, 2.45) is 0 Å². The van der Waals surface area contributed by atoms with E-state index in [1.54, 1.807) is 23.1 Å². The summed E-state index contributed by atoms with van der Waals surface area (Å²) >= 11 is 5.06. The van der Waals surface area contributed by atoms with E-state index in [0.717, 1.165) is 5.69 Å². The second-order valence-corrected chi connectivity index (χ2v) is 3.66. The summed E-state index contributed by atoms with van der Waals surface area (Å²) in [7, 11) is 0. The number of rotatable bonds is 1. The van der Waals surface area contributed by atoms with Gasteiger partial charge in [-0.2, -0.15) is 0 Å². The van der Waals surface area contributed by atoms with Gasteiger partial charge in [0.1, 0.15) is 0 Å². The topological polar surface area (TPSA) is 46.3 Å². The maximum atomic E-state index is 11.4. The van der Waals surface area contributed by atoms with Gasteiger partial charge < -0.3 is 10.6 Å². The molecule has 1 aliphatic rings. The third-order valence-corrected chi connectivity index (χ3v) is 2.64. The molecule has 1 aromatic carbocycles. The van der Waals surface area contributed by atoms with Crippen LogP contribution in [0.2, 0.25) is 0 Å². The molecule has 15 heavy (non-hydrogen) atoms. The Morgan fingerprint density at radius 3 is 2.60 bits per heavy atom. The second-order valence-electron chi connectivity index (χ2n) is 3.27. The van der Waals surface area contributed by atoms with Crippen LogP contribution in [0.5, 0.6) is 0 Å². The van der Waals surface area contributed by atoms with Crippen molar-refractivity contribution in [3.8, 4) is 0 Å². The summed E-state index contributed by atoms with van der Waals surface area (Å²) in [6, 6.07) is 7.30. The lowest BCUT2D eigenvalue weighted by Gasteiger charge is -2.25. The minimum atomic E-state index is -0.118. The van der Waals surface area contributed by atoms with Gasteiger partial charge in [0.2, 0.25) is 5.78 Å². The van der Waals surface area contributed by atoms with E-state index in [1.165, 1.54) is 6.08 Å². The van der Waals surface area contributed by atoms with Crippen LogP contribution in [0.3, 0.4) is 0 Å². The van der Waals surface area contributed by atoms with E-state index < -0.39 is 0 Å². The van der Waals surface area contributed by atoms with Gasteiger partial charge in [-0.1, -0.05) is 18.3 Å². The van der Waals surface area contributed by atoms with Crippen molar-refractivity contribution in [3.05, 3.63) is 36.4 Å². The van der Waals surface area contributed by atoms with E-state index >= 15 is 0 Å². The van der Waals surface area contributed by atoms with Crippen LogP contribution in [-0.2, 0) is 4.79 Å². The molecule has 0 aliphatic carbocycles. The molecule has 0 radical (unpaired) electrons. The summed E-state index contributed by atoms with van der Waals surface area (Å²) in [6.45, 7) is 0.633. The van der Waals surface area contributed by atoms with Crippen molar-refractivity contribution < 1.29 is 4.79 Å². The van der Waals surface area contributed by atoms with Gasteiger partial charge in [-0.3, -0.25) is 4.79 Å². The van der Waals surface area contributed by atoms with Gasteiger partial charge in [0.05, 0.1) is 0 Å². The first-order valence-corrected chi connectivity index (χ1v) is 4.97. The van der Waals surface area contributed by atoms with Crippen molar-refractivity contribution >= 4 is 34.4 Å². The highest BCUT2D eigenvalue weighted by Crippen LogP contribution is 2.19. The summed E-state index contributed by atoms with van der Waals surface area (Å²) < 4.78 is 0. The van der Waals surface area contributed by atoms with Gasteiger partial charge in [-0.15, -0.1) is 0 Å². The number of benzene rings is 1. The Bertz CT molecular complexity index is 436. The lowest BCUT2D eigenvalue weighted by atomic mass is 10.2. The molecule has 3 nitrogen and oxygen atoms in total. The highest BCUT2D eigenvalue weighted by Gasteiger charge is 2.19. The number of nitrogens with zero attached hydrogens (tertiary/aromatic N) is 1. The van der Waals surface area contributed by atoms with E-state index in [-0.39, 0.29) is 5.78 Å². The van der Waals surface area contributed by atoms with Crippen LogP contribution in [0.1, 0.15) is 0 Å². The van der Waals surface area contributed by atoms with Crippen molar-refractivity contribution in [2.75, 3.05) is 17.2 Å². The molecule has 0 fully saturated rings. The Morgan fingerprint density at radius 2 is 1.93 bits per heavy atom. The SMILES string of the molecule is Nc1ccc(N2CC=CC(=O)C2=S)cc1. The number of ketones is 1. The smallest absolute Gasteiger partial charge is 0.213 e. The van der Waals surface area contributed by atoms with E-state index in [9.17, 15) is 4.79 Å². The summed E-state index contributed by atoms with van der Waals surface area (Å²) in [4.78, 5) is 13.5. The molecule has 1 heterocycles. The first-order chi connectivity index (χ1) is 7.18. The second kappa shape index (κ2) is 3.82. The third kappa shape index (κ3) is 1.89. The maximum absolute atomic E-state index is 11.4. The average Bonchev–Trinajstić information content (AvgIpc) is 2.24. The number of anilines is 2. The van der Waals surface area contributed by atoms with Crippen molar-refractivity contribution in [1.29, 1.82) is 0 Å². The van der Waals surface area contributed by atoms with Crippen molar-refractivity contribution in [1.82, 2.24) is 0 Å². The number of thiocarbonyl (C=S) groups is 1. The molecule has 2 rings (SSSR count). The van der Waals surface area contributed by atoms with E-state index in [0.29, 0.717) is 17.2 Å². The third-order valence-electron chi connectivity index (χ3n) is 2.22. The van der Waals surface area contributed by atoms with E-state index in [2.05, 4.69) is 0 Å². The number of nitrogen functional groups attached to an aromatic ring is 1. The predicted molar refractivity (Wildman–Crippen MR) is 64.9 cm³/mol. The fraction of sp³-hybridized carbons (Fsp3) is 0.0909. The summed E-state index contributed by atoms with van der Waals surface area (Å²) in [5.41, 5.74) is 7.18. The molecule has 0 spiro atoms. The van der Waals surface area contributed by atoms with Gasteiger partial charge in [0.15, 0.2) is 4.99 Å². The van der Waals surface area contributed by atoms with Gasteiger partial charge in [0, 0.05) is 17.9 Å². The number of hydrogen-bond acceptors (Lipinski definition) is 3. The molecular weight excluding hydrogens is 208 g/mol. The molecule has 76 valence electrons. The molecule has 0 unspecified atom stereocenters. The van der Waals surface area contributed by atoms with Crippen molar-refractivity contribution in [3.63, 3.8) is 0 Å². The van der Waals surface area contributed by atoms with Gasteiger partial charge >= 0.3 is 0 Å². The number of nitrogens with two attached hydrogens (primary N) is 1. The first kappa shape index (κ1) is 9.86. The fourth-order valence-electron chi connectivity index (χ4n) is 1.43. The van der Waals surface area contributed by atoms with Crippen LogP contribution in [0.25, 0.3) is 0 Å². The van der Waals surface area contributed by atoms with Crippen LogP contribution in [0.15, 0.2) is 36.4 Å². The average molecular weight is 218 g/mol. The van der Waals surface area contributed by atoms with Crippen LogP contribution in [0.4, 0.5) is 11.4 Å². The van der Waals surface area contributed by atoms with Gasteiger partial charge in [-0.25, -0.2) is 0 Å². The zero-order chi connectivity index (χ0) is 10.8. The van der Waals surface area contributed by atoms with E-state index in [1.807, 2.05) is 12.1 Å². The largest absolute Gasteiger partial charge is 0.399 e. The Hall–Kier alpha value is -1.68. The van der Waals surface area contributed by atoms with Gasteiger partial charge in [-0.05, 0) is 30.3 Å². The standard InChI is InChI=1S/C11H10N2OS/c12-8-3-5-9(6-4-8)13-7-1-2-10(14)11(13)15/h1-6H,7,12H2. The summed E-state index contributed by atoms with van der Waals surface area (Å²) in [5, 5.41) is 0. The summed E-state index contributed by atoms with van der Waals surface area (Å²) in [5.74, 6) is -0.118. The number of carbonyl (C=O) groups excluding carboxylic acids is 1. The Balaban J connectivity index is 2.32. The Kier molecular flexibility index (Phi) is 2.51. The molecule has 1 aromatic rings. The normalized spacial score (nSPS) is 15.9. The Morgan fingerprint density at radius 1 is 1.27 bits per heavy atom. The van der Waals surface area contributed by atoms with E-state index in [4.69, 9.17) is 18.0 Å². The van der Waals surface area contributed by atoms with Crippen LogP contribution < -0.4 is 10.6 Å². The highest BCUT2D eigenvalue weighted by molar-refractivity contribution is 7.82. The van der Waals surface area contributed by atoms with Crippen LogP contribution in [-0.4, -0.2) is 17.3 Å². The highest BCUT2D eigenvalue weighted by atomic mass is 32.1. The number of carbonyl (C=O) groups is 1. The van der Waals surface area contributed by atoms with Gasteiger partial charge in [0.25, 0.3) is 0 Å². The molecule has 4 heteroatoms. The quantitative estimate of drug-likeness (QED) is 0.573.